The van der Waals surface area contributed by atoms with Gasteiger partial charge in [-0.1, -0.05) is 17.7 Å². The van der Waals surface area contributed by atoms with Gasteiger partial charge in [-0.25, -0.2) is 0 Å². The number of fused-ring (bicyclic) bond motifs is 1. The molecule has 2 N–H and O–H groups in total. The zero-order chi connectivity index (χ0) is 22.7. The summed E-state index contributed by atoms with van der Waals surface area (Å²) < 4.78 is 11.2. The highest BCUT2D eigenvalue weighted by Crippen LogP contribution is 2.21. The van der Waals surface area contributed by atoms with Crippen LogP contribution in [-0.4, -0.2) is 41.4 Å². The van der Waals surface area contributed by atoms with E-state index in [1.807, 2.05) is 42.2 Å². The highest BCUT2D eigenvalue weighted by Gasteiger charge is 2.22. The zero-order valence-electron chi connectivity index (χ0n) is 18.7. The van der Waals surface area contributed by atoms with Crippen LogP contribution in [0.1, 0.15) is 29.5 Å². The van der Waals surface area contributed by atoms with Gasteiger partial charge in [0.15, 0.2) is 5.11 Å². The smallest absolute Gasteiger partial charge is 0.253 e. The number of hydrogen-bond donors (Lipinski definition) is 2. The number of anilines is 1. The van der Waals surface area contributed by atoms with Gasteiger partial charge in [-0.15, -0.1) is 0 Å². The van der Waals surface area contributed by atoms with E-state index < -0.39 is 0 Å². The Kier molecular flexibility index (Phi) is 6.77. The van der Waals surface area contributed by atoms with Gasteiger partial charge in [0.2, 0.25) is 0 Å². The van der Waals surface area contributed by atoms with Gasteiger partial charge in [-0.2, -0.15) is 0 Å². The standard InChI is InChI=1S/C25H29N3O3S/c1-16-10-17(2)23-18(11-16)12-19(24(29)27-23)14-28(15-22-8-5-9-31-22)25(32)26-20-6-4-7-21(13-20)30-3/h4,6-7,10-13,22H,5,8-9,14-15H2,1-3H3,(H,26,32)(H,27,29)/t22-/m1/s1. The first-order valence-corrected chi connectivity index (χ1v) is 11.3. The van der Waals surface area contributed by atoms with Crippen LogP contribution in [0, 0.1) is 13.8 Å². The molecule has 1 aliphatic heterocycles. The Balaban J connectivity index is 1.62. The maximum atomic E-state index is 12.9. The monoisotopic (exact) mass is 451 g/mol. The molecular weight excluding hydrogens is 422 g/mol. The Morgan fingerprint density at radius 2 is 2.12 bits per heavy atom. The number of pyridine rings is 1. The Hall–Kier alpha value is -2.90. The third-order valence-electron chi connectivity index (χ3n) is 5.79. The van der Waals surface area contributed by atoms with E-state index in [9.17, 15) is 4.79 Å². The lowest BCUT2D eigenvalue weighted by atomic mass is 10.1. The molecule has 2 heterocycles. The molecule has 168 valence electrons. The quantitative estimate of drug-likeness (QED) is 0.537. The Bertz CT molecular complexity index is 1180. The van der Waals surface area contributed by atoms with Crippen LogP contribution in [0.3, 0.4) is 0 Å². The molecule has 0 bridgehead atoms. The summed E-state index contributed by atoms with van der Waals surface area (Å²) in [6.07, 6.45) is 2.14. The van der Waals surface area contributed by atoms with Crippen molar-refractivity contribution in [1.82, 2.24) is 9.88 Å². The third-order valence-corrected chi connectivity index (χ3v) is 6.15. The normalized spacial score (nSPS) is 15.7. The molecule has 1 aromatic heterocycles. The minimum Gasteiger partial charge on any atom is -0.497 e. The Morgan fingerprint density at radius 1 is 1.28 bits per heavy atom. The first-order chi connectivity index (χ1) is 15.4. The number of nitrogens with zero attached hydrogens (tertiary/aromatic N) is 1. The molecule has 0 spiro atoms. The van der Waals surface area contributed by atoms with Crippen LogP contribution < -0.4 is 15.6 Å². The number of rotatable bonds is 6. The summed E-state index contributed by atoms with van der Waals surface area (Å²) in [6.45, 7) is 5.87. The number of aryl methyl sites for hydroxylation is 2. The average molecular weight is 452 g/mol. The van der Waals surface area contributed by atoms with Gasteiger partial charge >= 0.3 is 0 Å². The lowest BCUT2D eigenvalue weighted by molar-refractivity contribution is 0.0904. The number of benzene rings is 2. The molecule has 0 aliphatic carbocycles. The molecule has 0 radical (unpaired) electrons. The van der Waals surface area contributed by atoms with Gasteiger partial charge in [0.05, 0.1) is 25.3 Å². The molecule has 0 amide bonds. The lowest BCUT2D eigenvalue weighted by Gasteiger charge is -2.28. The van der Waals surface area contributed by atoms with Crippen molar-refractivity contribution >= 4 is 33.9 Å². The summed E-state index contributed by atoms with van der Waals surface area (Å²) in [6, 6.07) is 13.8. The van der Waals surface area contributed by atoms with Crippen molar-refractivity contribution in [1.29, 1.82) is 0 Å². The van der Waals surface area contributed by atoms with Crippen LogP contribution in [0.15, 0.2) is 47.3 Å². The van der Waals surface area contributed by atoms with Crippen LogP contribution in [0.4, 0.5) is 5.69 Å². The summed E-state index contributed by atoms with van der Waals surface area (Å²) in [5.74, 6) is 0.750. The summed E-state index contributed by atoms with van der Waals surface area (Å²) >= 11 is 5.76. The SMILES string of the molecule is COc1cccc(NC(=S)N(Cc2cc3cc(C)cc(C)c3[nH]c2=O)C[C@H]2CCCO2)c1. The fourth-order valence-electron chi connectivity index (χ4n) is 4.21. The minimum absolute atomic E-state index is 0.0917. The summed E-state index contributed by atoms with van der Waals surface area (Å²) in [5.41, 5.74) is 4.54. The largest absolute Gasteiger partial charge is 0.497 e. The van der Waals surface area contributed by atoms with Crippen LogP contribution in [-0.2, 0) is 11.3 Å². The third kappa shape index (κ3) is 5.11. The first-order valence-electron chi connectivity index (χ1n) is 10.9. The molecule has 1 atom stereocenters. The number of methoxy groups -OCH3 is 1. The maximum Gasteiger partial charge on any atom is 0.253 e. The van der Waals surface area contributed by atoms with Gasteiger partial charge in [-0.3, -0.25) is 4.79 Å². The van der Waals surface area contributed by atoms with Crippen molar-refractivity contribution in [2.24, 2.45) is 0 Å². The fourth-order valence-corrected chi connectivity index (χ4v) is 4.47. The molecule has 32 heavy (non-hydrogen) atoms. The molecule has 4 rings (SSSR count). The van der Waals surface area contributed by atoms with Crippen LogP contribution in [0.2, 0.25) is 0 Å². The molecule has 1 fully saturated rings. The minimum atomic E-state index is -0.0917. The van der Waals surface area contributed by atoms with Gasteiger partial charge in [0, 0.05) is 30.5 Å². The van der Waals surface area contributed by atoms with Crippen molar-refractivity contribution in [2.45, 2.75) is 39.3 Å². The lowest BCUT2D eigenvalue weighted by Crippen LogP contribution is -2.40. The van der Waals surface area contributed by atoms with Crippen molar-refractivity contribution in [3.05, 3.63) is 69.5 Å². The van der Waals surface area contributed by atoms with Gasteiger partial charge < -0.3 is 24.7 Å². The van der Waals surface area contributed by atoms with Crippen molar-refractivity contribution in [3.8, 4) is 5.75 Å². The Labute approximate surface area is 193 Å². The van der Waals surface area contributed by atoms with Crippen LogP contribution >= 0.6 is 12.2 Å². The topological polar surface area (TPSA) is 66.6 Å². The second-order valence-electron chi connectivity index (χ2n) is 8.35. The number of H-pyrrole nitrogens is 1. The van der Waals surface area contributed by atoms with Crippen LogP contribution in [0.25, 0.3) is 10.9 Å². The second kappa shape index (κ2) is 9.71. The predicted octanol–water partition coefficient (Wildman–Crippen LogP) is 4.53. The van der Waals surface area contributed by atoms with Crippen LogP contribution in [0.5, 0.6) is 5.75 Å². The number of ether oxygens (including phenoxy) is 2. The van der Waals surface area contributed by atoms with E-state index >= 15 is 0 Å². The summed E-state index contributed by atoms with van der Waals surface area (Å²) in [4.78, 5) is 18.0. The molecule has 1 aliphatic rings. The molecule has 1 saturated heterocycles. The van der Waals surface area contributed by atoms with E-state index in [0.717, 1.165) is 47.4 Å². The molecule has 2 aromatic carbocycles. The Morgan fingerprint density at radius 3 is 2.88 bits per heavy atom. The highest BCUT2D eigenvalue weighted by molar-refractivity contribution is 7.80. The molecule has 0 unspecified atom stereocenters. The van der Waals surface area contributed by atoms with Crippen molar-refractivity contribution in [2.75, 3.05) is 25.6 Å². The predicted molar refractivity (Wildman–Crippen MR) is 133 cm³/mol. The summed E-state index contributed by atoms with van der Waals surface area (Å²) in [7, 11) is 1.64. The molecule has 6 nitrogen and oxygen atoms in total. The van der Waals surface area contributed by atoms with E-state index in [-0.39, 0.29) is 11.7 Å². The molecule has 0 saturated carbocycles. The molecular formula is C25H29N3O3S. The maximum absolute atomic E-state index is 12.9. The number of thiocarbonyl (C=S) groups is 1. The van der Waals surface area contributed by atoms with E-state index in [1.54, 1.807) is 7.11 Å². The van der Waals surface area contributed by atoms with E-state index in [4.69, 9.17) is 21.7 Å². The number of aromatic nitrogens is 1. The van der Waals surface area contributed by atoms with Gasteiger partial charge in [0.1, 0.15) is 5.75 Å². The second-order valence-corrected chi connectivity index (χ2v) is 8.73. The van der Waals surface area contributed by atoms with Crippen molar-refractivity contribution in [3.63, 3.8) is 0 Å². The first kappa shape index (κ1) is 22.3. The van der Waals surface area contributed by atoms with E-state index in [0.29, 0.717) is 23.8 Å². The fraction of sp³-hybridized carbons (Fsp3) is 0.360. The van der Waals surface area contributed by atoms with Gasteiger partial charge in [0.25, 0.3) is 5.56 Å². The van der Waals surface area contributed by atoms with Crippen molar-refractivity contribution < 1.29 is 9.47 Å². The van der Waals surface area contributed by atoms with E-state index in [1.165, 1.54) is 5.56 Å². The van der Waals surface area contributed by atoms with Gasteiger partial charge in [-0.05, 0) is 74.1 Å². The number of aromatic amines is 1. The molecule has 3 aromatic rings. The molecule has 7 heteroatoms. The summed E-state index contributed by atoms with van der Waals surface area (Å²) in [5, 5.41) is 4.87. The number of hydrogen-bond acceptors (Lipinski definition) is 4. The highest BCUT2D eigenvalue weighted by atomic mass is 32.1. The van der Waals surface area contributed by atoms with E-state index in [2.05, 4.69) is 29.4 Å². The average Bonchev–Trinajstić information content (AvgIpc) is 3.27. The zero-order valence-corrected chi connectivity index (χ0v) is 19.6. The number of nitrogens with one attached hydrogen (secondary N) is 2.